The normalized spacial score (nSPS) is 16.8. The molecule has 1 atom stereocenters. The van der Waals surface area contributed by atoms with Gasteiger partial charge in [-0.3, -0.25) is 14.6 Å². The molecule has 3 aromatic rings. The number of halogens is 1. The molecule has 2 aromatic carbocycles. The molecule has 1 fully saturated rings. The zero-order chi connectivity index (χ0) is 25.8. The van der Waals surface area contributed by atoms with Crippen LogP contribution < -0.4 is 4.74 Å². The molecule has 4 rings (SSSR count). The second-order valence-corrected chi connectivity index (χ2v) is 8.39. The van der Waals surface area contributed by atoms with Crippen LogP contribution in [0.1, 0.15) is 40.0 Å². The molecule has 1 saturated heterocycles. The van der Waals surface area contributed by atoms with Gasteiger partial charge in [0, 0.05) is 24.5 Å². The molecule has 184 valence electrons. The van der Waals surface area contributed by atoms with E-state index >= 15 is 0 Å². The lowest BCUT2D eigenvalue weighted by Crippen LogP contribution is -2.29. The highest BCUT2D eigenvalue weighted by atomic mass is 35.5. The summed E-state index contributed by atoms with van der Waals surface area (Å²) in [5.41, 5.74) is 1.72. The predicted octanol–water partition coefficient (Wildman–Crippen LogP) is 4.54. The maximum absolute atomic E-state index is 13.2. The van der Waals surface area contributed by atoms with Crippen LogP contribution >= 0.6 is 11.6 Å². The van der Waals surface area contributed by atoms with Crippen molar-refractivity contribution in [2.45, 2.75) is 19.5 Å². The van der Waals surface area contributed by atoms with Gasteiger partial charge in [-0.05, 0) is 54.4 Å². The van der Waals surface area contributed by atoms with E-state index in [0.717, 1.165) is 0 Å². The van der Waals surface area contributed by atoms with Crippen molar-refractivity contribution < 1.29 is 29.0 Å². The van der Waals surface area contributed by atoms with Crippen LogP contribution in [0, 0.1) is 0 Å². The summed E-state index contributed by atoms with van der Waals surface area (Å²) in [5, 5.41) is 11.5. The van der Waals surface area contributed by atoms with E-state index in [9.17, 15) is 19.5 Å². The van der Waals surface area contributed by atoms with Crippen molar-refractivity contribution in [2.24, 2.45) is 0 Å². The fourth-order valence-electron chi connectivity index (χ4n) is 4.07. The van der Waals surface area contributed by atoms with Crippen LogP contribution in [0.5, 0.6) is 5.75 Å². The number of carbonyl (C=O) groups excluding carboxylic acids is 3. The van der Waals surface area contributed by atoms with Gasteiger partial charge in [0.15, 0.2) is 0 Å². The van der Waals surface area contributed by atoms with Gasteiger partial charge in [-0.25, -0.2) is 4.79 Å². The van der Waals surface area contributed by atoms with Crippen LogP contribution in [0.15, 0.2) is 72.6 Å². The summed E-state index contributed by atoms with van der Waals surface area (Å²) in [5.74, 6) is -2.05. The Morgan fingerprint density at radius 1 is 1.11 bits per heavy atom. The van der Waals surface area contributed by atoms with Gasteiger partial charge in [-0.1, -0.05) is 29.8 Å². The molecule has 36 heavy (non-hydrogen) atoms. The summed E-state index contributed by atoms with van der Waals surface area (Å²) in [4.78, 5) is 43.7. The summed E-state index contributed by atoms with van der Waals surface area (Å²) in [6, 6.07) is 13.6. The first-order valence-electron chi connectivity index (χ1n) is 11.1. The molecule has 9 heteroatoms. The Bertz CT molecular complexity index is 1340. The number of carbonyl (C=O) groups is 3. The van der Waals surface area contributed by atoms with Gasteiger partial charge >= 0.3 is 5.97 Å². The Hall–Kier alpha value is -4.17. The number of amides is 1. The minimum atomic E-state index is -0.915. The molecule has 0 spiro atoms. The highest BCUT2D eigenvalue weighted by Crippen LogP contribution is 2.41. The van der Waals surface area contributed by atoms with Gasteiger partial charge in [0.25, 0.3) is 11.7 Å². The zero-order valence-corrected chi connectivity index (χ0v) is 20.4. The van der Waals surface area contributed by atoms with Gasteiger partial charge in [0.1, 0.15) is 11.5 Å². The zero-order valence-electron chi connectivity index (χ0n) is 19.6. The summed E-state index contributed by atoms with van der Waals surface area (Å²) in [7, 11) is 1.28. The number of aromatic nitrogens is 1. The van der Waals surface area contributed by atoms with Gasteiger partial charge in [0.2, 0.25) is 0 Å². The average molecular weight is 507 g/mol. The van der Waals surface area contributed by atoms with Crippen LogP contribution in [0.2, 0.25) is 5.02 Å². The number of rotatable bonds is 7. The molecule has 8 nitrogen and oxygen atoms in total. The van der Waals surface area contributed by atoms with Crippen LogP contribution in [0.4, 0.5) is 0 Å². The van der Waals surface area contributed by atoms with Crippen molar-refractivity contribution in [3.8, 4) is 5.75 Å². The van der Waals surface area contributed by atoms with E-state index < -0.39 is 23.7 Å². The lowest BCUT2D eigenvalue weighted by atomic mass is 9.94. The molecule has 0 bridgehead atoms. The monoisotopic (exact) mass is 506 g/mol. The van der Waals surface area contributed by atoms with E-state index in [1.54, 1.807) is 60.9 Å². The predicted molar refractivity (Wildman–Crippen MR) is 132 cm³/mol. The molecule has 1 N–H and O–H groups in total. The van der Waals surface area contributed by atoms with Crippen molar-refractivity contribution in [3.63, 3.8) is 0 Å². The summed E-state index contributed by atoms with van der Waals surface area (Å²) in [6.07, 6.45) is 3.21. The Morgan fingerprint density at radius 2 is 1.83 bits per heavy atom. The molecule has 1 aromatic heterocycles. The minimum absolute atomic E-state index is 0.0860. The van der Waals surface area contributed by atoms with Crippen molar-refractivity contribution in [3.05, 3.63) is 99.8 Å². The molecule has 0 aliphatic carbocycles. The summed E-state index contributed by atoms with van der Waals surface area (Å²) >= 11 is 6.30. The molecular weight excluding hydrogens is 484 g/mol. The molecule has 0 radical (unpaired) electrons. The molecule has 2 heterocycles. The Kier molecular flexibility index (Phi) is 7.36. The van der Waals surface area contributed by atoms with Crippen LogP contribution in [-0.2, 0) is 20.9 Å². The summed E-state index contributed by atoms with van der Waals surface area (Å²) < 4.78 is 10.2. The third-order valence-electron chi connectivity index (χ3n) is 5.77. The van der Waals surface area contributed by atoms with Gasteiger partial charge in [-0.2, -0.15) is 0 Å². The second kappa shape index (κ2) is 10.6. The van der Waals surface area contributed by atoms with Gasteiger partial charge < -0.3 is 19.5 Å². The largest absolute Gasteiger partial charge is 0.507 e. The standard InChI is InChI=1S/C27H23ClN2O6/c1-3-36-21-11-10-19(13-20(21)28)24(31)22-23(17-6-8-18(9-7-17)27(34)35-2)30(26(33)25(22)32)15-16-5-4-12-29-14-16/h4-14,23,31H,3,15H2,1-2H3/t23-/m0/s1. The number of hydrogen-bond acceptors (Lipinski definition) is 7. The smallest absolute Gasteiger partial charge is 0.337 e. The fourth-order valence-corrected chi connectivity index (χ4v) is 4.31. The topological polar surface area (TPSA) is 106 Å². The summed E-state index contributed by atoms with van der Waals surface area (Å²) in [6.45, 7) is 2.31. The van der Waals surface area contributed by atoms with Gasteiger partial charge in [0.05, 0.1) is 35.9 Å². The SMILES string of the molecule is CCOc1ccc(C(O)=C2C(=O)C(=O)N(Cc3cccnc3)[C@H]2c2ccc(C(=O)OC)cc2)cc1Cl. The number of nitrogens with zero attached hydrogens (tertiary/aromatic N) is 2. The lowest BCUT2D eigenvalue weighted by molar-refractivity contribution is -0.140. The third kappa shape index (κ3) is 4.81. The van der Waals surface area contributed by atoms with E-state index in [0.29, 0.717) is 29.0 Å². The van der Waals surface area contributed by atoms with E-state index in [1.807, 2.05) is 6.92 Å². The van der Waals surface area contributed by atoms with Crippen LogP contribution in [-0.4, -0.2) is 46.4 Å². The van der Waals surface area contributed by atoms with Crippen LogP contribution in [0.3, 0.4) is 0 Å². The molecule has 0 saturated carbocycles. The highest BCUT2D eigenvalue weighted by molar-refractivity contribution is 6.46. The Labute approximate surface area is 212 Å². The number of ether oxygens (including phenoxy) is 2. The first-order valence-corrected chi connectivity index (χ1v) is 11.5. The van der Waals surface area contributed by atoms with E-state index in [4.69, 9.17) is 21.1 Å². The number of ketones is 1. The molecule has 1 amide bonds. The van der Waals surface area contributed by atoms with Crippen molar-refractivity contribution >= 4 is 35.0 Å². The number of esters is 1. The molecular formula is C27H23ClN2O6. The van der Waals surface area contributed by atoms with Crippen molar-refractivity contribution in [1.29, 1.82) is 0 Å². The first-order chi connectivity index (χ1) is 17.3. The Balaban J connectivity index is 1.83. The number of pyridine rings is 1. The maximum atomic E-state index is 13.2. The fraction of sp³-hybridized carbons (Fsp3) is 0.185. The van der Waals surface area contributed by atoms with Gasteiger partial charge in [-0.15, -0.1) is 0 Å². The number of aliphatic hydroxyl groups excluding tert-OH is 1. The second-order valence-electron chi connectivity index (χ2n) is 7.98. The molecule has 1 aliphatic rings. The van der Waals surface area contributed by atoms with Crippen molar-refractivity contribution in [1.82, 2.24) is 9.88 Å². The number of Topliss-reactive ketones (excluding diaryl/α,β-unsaturated/α-hetero) is 1. The Morgan fingerprint density at radius 3 is 2.44 bits per heavy atom. The average Bonchev–Trinajstić information content (AvgIpc) is 3.14. The van der Waals surface area contributed by atoms with Crippen molar-refractivity contribution in [2.75, 3.05) is 13.7 Å². The van der Waals surface area contributed by atoms with E-state index in [2.05, 4.69) is 4.98 Å². The third-order valence-corrected chi connectivity index (χ3v) is 6.06. The van der Waals surface area contributed by atoms with E-state index in [-0.39, 0.29) is 28.5 Å². The quantitative estimate of drug-likeness (QED) is 0.217. The minimum Gasteiger partial charge on any atom is -0.507 e. The molecule has 0 unspecified atom stereocenters. The first kappa shape index (κ1) is 24.9. The number of methoxy groups -OCH3 is 1. The highest BCUT2D eigenvalue weighted by Gasteiger charge is 2.46. The van der Waals surface area contributed by atoms with E-state index in [1.165, 1.54) is 18.1 Å². The number of benzene rings is 2. The van der Waals surface area contributed by atoms with Crippen LogP contribution in [0.25, 0.3) is 5.76 Å². The number of hydrogen-bond donors (Lipinski definition) is 1. The number of likely N-dealkylation sites (tertiary alicyclic amines) is 1. The number of aliphatic hydroxyl groups is 1. The lowest BCUT2D eigenvalue weighted by Gasteiger charge is -2.25. The maximum Gasteiger partial charge on any atom is 0.337 e. The molecule has 1 aliphatic heterocycles.